The minimum Gasteiger partial charge on any atom is -0.423 e. The second-order valence-electron chi connectivity index (χ2n) is 8.37. The molecule has 4 rings (SSSR count). The lowest BCUT2D eigenvalue weighted by atomic mass is 9.98. The molecule has 0 spiro atoms. The maximum atomic E-state index is 14.8. The molecule has 0 unspecified atom stereocenters. The van der Waals surface area contributed by atoms with E-state index < -0.39 is 35.2 Å². The molecule has 0 heterocycles. The van der Waals surface area contributed by atoms with Gasteiger partial charge in [0.1, 0.15) is 28.8 Å². The van der Waals surface area contributed by atoms with Gasteiger partial charge in [0.15, 0.2) is 0 Å². The van der Waals surface area contributed by atoms with Crippen molar-refractivity contribution in [3.8, 4) is 28.0 Å². The van der Waals surface area contributed by atoms with E-state index in [1.807, 2.05) is 12.1 Å². The van der Waals surface area contributed by atoms with Gasteiger partial charge in [0.25, 0.3) is 0 Å². The molecule has 0 bridgehead atoms. The molecule has 0 aliphatic carbocycles. The molecular formula is C29H20F6O2. The summed E-state index contributed by atoms with van der Waals surface area (Å²) >= 11 is 0. The molecule has 0 radical (unpaired) electrons. The summed E-state index contributed by atoms with van der Waals surface area (Å²) in [5.41, 5.74) is -0.171. The molecule has 2 nitrogen and oxygen atoms in total. The van der Waals surface area contributed by atoms with Crippen LogP contribution in [0, 0.1) is 17.5 Å². The first-order valence-electron chi connectivity index (χ1n) is 11.3. The molecule has 0 fully saturated rings. The summed E-state index contributed by atoms with van der Waals surface area (Å²) in [5, 5.41) is 0. The van der Waals surface area contributed by atoms with Crippen molar-refractivity contribution >= 4 is 5.97 Å². The average molecular weight is 514 g/mol. The summed E-state index contributed by atoms with van der Waals surface area (Å²) in [6.07, 6.45) is -3.31. The first kappa shape index (κ1) is 26.0. The number of halogens is 6. The van der Waals surface area contributed by atoms with Gasteiger partial charge in [-0.2, -0.15) is 13.2 Å². The summed E-state index contributed by atoms with van der Waals surface area (Å²) in [6.45, 7) is 2.07. The van der Waals surface area contributed by atoms with Crippen LogP contribution < -0.4 is 4.74 Å². The van der Waals surface area contributed by atoms with E-state index in [0.717, 1.165) is 24.5 Å². The molecule has 4 aromatic carbocycles. The highest BCUT2D eigenvalue weighted by Gasteiger charge is 2.38. The maximum absolute atomic E-state index is 14.8. The Hall–Kier alpha value is -4.07. The predicted molar refractivity (Wildman–Crippen MR) is 128 cm³/mol. The highest BCUT2D eigenvalue weighted by Crippen LogP contribution is 2.37. The Bertz CT molecular complexity index is 1400. The molecule has 0 saturated heterocycles. The van der Waals surface area contributed by atoms with Crippen LogP contribution in [-0.2, 0) is 12.6 Å². The number of carbonyl (C=O) groups is 1. The van der Waals surface area contributed by atoms with Crippen LogP contribution in [0.1, 0.15) is 34.8 Å². The largest absolute Gasteiger partial charge is 0.423 e. The summed E-state index contributed by atoms with van der Waals surface area (Å²) in [5.74, 6) is -4.78. The second-order valence-corrected chi connectivity index (χ2v) is 8.37. The van der Waals surface area contributed by atoms with E-state index in [1.54, 1.807) is 24.3 Å². The lowest BCUT2D eigenvalue weighted by Crippen LogP contribution is -2.11. The number of hydrogen-bond acceptors (Lipinski definition) is 2. The van der Waals surface area contributed by atoms with Gasteiger partial charge in [-0.3, -0.25) is 0 Å². The van der Waals surface area contributed by atoms with E-state index in [2.05, 4.69) is 6.92 Å². The topological polar surface area (TPSA) is 26.3 Å². The Morgan fingerprint density at radius 2 is 1.30 bits per heavy atom. The Balaban J connectivity index is 1.51. The van der Waals surface area contributed by atoms with Crippen molar-refractivity contribution in [2.75, 3.05) is 0 Å². The van der Waals surface area contributed by atoms with E-state index in [4.69, 9.17) is 4.74 Å². The van der Waals surface area contributed by atoms with Crippen molar-refractivity contribution in [2.24, 2.45) is 0 Å². The van der Waals surface area contributed by atoms with Gasteiger partial charge >= 0.3 is 12.1 Å². The molecule has 37 heavy (non-hydrogen) atoms. The lowest BCUT2D eigenvalue weighted by Gasteiger charge is -2.12. The van der Waals surface area contributed by atoms with Gasteiger partial charge in [-0.1, -0.05) is 49.7 Å². The first-order chi connectivity index (χ1) is 17.6. The van der Waals surface area contributed by atoms with Crippen LogP contribution >= 0.6 is 0 Å². The second kappa shape index (κ2) is 10.5. The zero-order chi connectivity index (χ0) is 26.7. The SMILES string of the molecule is CCCc1ccc(C(=O)Oc2ccc(-c3ccc(-c4cc(F)c(C(F)(F)F)c(F)c4)c(F)c3)cc2)cc1. The van der Waals surface area contributed by atoms with Crippen LogP contribution in [0.2, 0.25) is 0 Å². The first-order valence-corrected chi connectivity index (χ1v) is 11.3. The molecular weight excluding hydrogens is 494 g/mol. The third kappa shape index (κ3) is 5.85. The maximum Gasteiger partial charge on any atom is 0.422 e. The van der Waals surface area contributed by atoms with Crippen molar-refractivity contribution in [3.05, 3.63) is 113 Å². The average Bonchev–Trinajstić information content (AvgIpc) is 2.83. The minimum atomic E-state index is -5.21. The van der Waals surface area contributed by atoms with Crippen LogP contribution in [0.25, 0.3) is 22.3 Å². The van der Waals surface area contributed by atoms with Crippen LogP contribution in [0.5, 0.6) is 5.75 Å². The molecule has 0 aliphatic rings. The van der Waals surface area contributed by atoms with Crippen molar-refractivity contribution in [1.82, 2.24) is 0 Å². The van der Waals surface area contributed by atoms with Crippen molar-refractivity contribution < 1.29 is 35.9 Å². The quantitative estimate of drug-likeness (QED) is 0.146. The molecule has 0 atom stereocenters. The van der Waals surface area contributed by atoms with Crippen molar-refractivity contribution in [3.63, 3.8) is 0 Å². The van der Waals surface area contributed by atoms with Crippen molar-refractivity contribution in [2.45, 2.75) is 25.9 Å². The number of hydrogen-bond donors (Lipinski definition) is 0. The van der Waals surface area contributed by atoms with Gasteiger partial charge in [-0.25, -0.2) is 18.0 Å². The number of carbonyl (C=O) groups excluding carboxylic acids is 1. The number of ether oxygens (including phenoxy) is 1. The van der Waals surface area contributed by atoms with Crippen LogP contribution in [0.15, 0.2) is 78.9 Å². The number of aryl methyl sites for hydroxylation is 1. The fourth-order valence-electron chi connectivity index (χ4n) is 3.91. The van der Waals surface area contributed by atoms with Gasteiger partial charge in [-0.05, 0) is 71.1 Å². The molecule has 0 amide bonds. The molecule has 0 aliphatic heterocycles. The smallest absolute Gasteiger partial charge is 0.422 e. The Morgan fingerprint density at radius 1 is 0.730 bits per heavy atom. The van der Waals surface area contributed by atoms with E-state index in [-0.39, 0.29) is 16.9 Å². The monoisotopic (exact) mass is 514 g/mol. The molecule has 0 saturated carbocycles. The van der Waals surface area contributed by atoms with Gasteiger partial charge in [-0.15, -0.1) is 0 Å². The van der Waals surface area contributed by atoms with Crippen LogP contribution in [-0.4, -0.2) is 5.97 Å². The van der Waals surface area contributed by atoms with Gasteiger partial charge in [0.05, 0.1) is 5.56 Å². The standard InChI is InChI=1S/C29H20F6O2/c1-2-3-17-4-6-19(7-5-17)28(36)37-22-11-8-18(9-12-22)20-10-13-23(24(30)14-20)21-15-25(31)27(26(32)16-21)29(33,34)35/h4-16H,2-3H2,1H3. The Kier molecular flexibility index (Phi) is 7.38. The normalized spacial score (nSPS) is 11.4. The minimum absolute atomic E-state index is 0.259. The zero-order valence-corrected chi connectivity index (χ0v) is 19.5. The molecule has 0 N–H and O–H groups in total. The highest BCUT2D eigenvalue weighted by atomic mass is 19.4. The summed E-state index contributed by atoms with van der Waals surface area (Å²) < 4.78 is 86.5. The number of rotatable bonds is 6. The van der Waals surface area contributed by atoms with E-state index in [9.17, 15) is 31.1 Å². The van der Waals surface area contributed by atoms with Gasteiger partial charge in [0, 0.05) is 5.56 Å². The van der Waals surface area contributed by atoms with E-state index >= 15 is 0 Å². The third-order valence-electron chi connectivity index (χ3n) is 5.73. The molecule has 0 aromatic heterocycles. The fourth-order valence-corrected chi connectivity index (χ4v) is 3.91. The number of alkyl halides is 3. The fraction of sp³-hybridized carbons (Fsp3) is 0.138. The summed E-state index contributed by atoms with van der Waals surface area (Å²) in [6, 6.07) is 18.1. The molecule has 4 aromatic rings. The van der Waals surface area contributed by atoms with Gasteiger partial charge < -0.3 is 4.74 Å². The number of benzene rings is 4. The number of esters is 1. The predicted octanol–water partition coefficient (Wildman–Crippen LogP) is 8.63. The zero-order valence-electron chi connectivity index (χ0n) is 19.5. The Morgan fingerprint density at radius 3 is 1.84 bits per heavy atom. The van der Waals surface area contributed by atoms with Crippen molar-refractivity contribution in [1.29, 1.82) is 0 Å². The summed E-state index contributed by atoms with van der Waals surface area (Å²) in [4.78, 5) is 12.4. The highest BCUT2D eigenvalue weighted by molar-refractivity contribution is 5.91. The Labute approximate surface area is 209 Å². The summed E-state index contributed by atoms with van der Waals surface area (Å²) in [7, 11) is 0. The van der Waals surface area contributed by atoms with E-state index in [1.165, 1.54) is 24.3 Å². The van der Waals surface area contributed by atoms with Gasteiger partial charge in [0.2, 0.25) is 0 Å². The molecule has 8 heteroatoms. The van der Waals surface area contributed by atoms with Crippen LogP contribution in [0.4, 0.5) is 26.3 Å². The van der Waals surface area contributed by atoms with E-state index in [0.29, 0.717) is 28.8 Å². The van der Waals surface area contributed by atoms with Crippen LogP contribution in [0.3, 0.4) is 0 Å². The third-order valence-corrected chi connectivity index (χ3v) is 5.73. The molecule has 190 valence electrons. The lowest BCUT2D eigenvalue weighted by molar-refractivity contribution is -0.142.